The number of thioether (sulfide) groups is 1. The summed E-state index contributed by atoms with van der Waals surface area (Å²) in [7, 11) is 0. The highest BCUT2D eigenvalue weighted by Gasteiger charge is 2.28. The van der Waals surface area contributed by atoms with E-state index in [2.05, 4.69) is 16.9 Å². The third-order valence-corrected chi connectivity index (χ3v) is 4.66. The first-order chi connectivity index (χ1) is 9.88. The van der Waals surface area contributed by atoms with Crippen LogP contribution < -0.4 is 10.6 Å². The molecule has 0 radical (unpaired) electrons. The Kier molecular flexibility index (Phi) is 4.78. The zero-order valence-corrected chi connectivity index (χ0v) is 13.1. The Hall–Kier alpha value is -0.810. The van der Waals surface area contributed by atoms with Gasteiger partial charge in [0.05, 0.1) is 5.69 Å². The fraction of sp³-hybridized carbons (Fsp3) is 0.733. The van der Waals surface area contributed by atoms with Crippen molar-refractivity contribution in [2.45, 2.75) is 38.0 Å². The molecule has 3 rings (SSSR count). The van der Waals surface area contributed by atoms with Gasteiger partial charge in [-0.3, -0.25) is 0 Å². The standard InChI is InChI=1S/C15H24N4S/c1-20-10-2-7-17-15-12-5-8-16-9-6-13(12)18-14(19-15)11-3-4-11/h11,16H,2-10H2,1H3,(H,17,18,19). The molecular formula is C15H24N4S. The Morgan fingerprint density at radius 1 is 1.25 bits per heavy atom. The normalized spacial score (nSPS) is 18.4. The summed E-state index contributed by atoms with van der Waals surface area (Å²) in [6.07, 6.45) is 7.97. The minimum Gasteiger partial charge on any atom is -0.370 e. The van der Waals surface area contributed by atoms with Crippen molar-refractivity contribution in [3.63, 3.8) is 0 Å². The average Bonchev–Trinajstić information content (AvgIpc) is 3.28. The number of nitrogens with zero attached hydrogens (tertiary/aromatic N) is 2. The lowest BCUT2D eigenvalue weighted by molar-refractivity contribution is 0.707. The molecule has 0 spiro atoms. The molecule has 20 heavy (non-hydrogen) atoms. The summed E-state index contributed by atoms with van der Waals surface area (Å²) in [4.78, 5) is 9.68. The van der Waals surface area contributed by atoms with Gasteiger partial charge in [0, 0.05) is 31.0 Å². The topological polar surface area (TPSA) is 49.8 Å². The molecule has 2 aliphatic rings. The summed E-state index contributed by atoms with van der Waals surface area (Å²) in [5.41, 5.74) is 2.63. The Balaban J connectivity index is 1.79. The van der Waals surface area contributed by atoms with Crippen molar-refractivity contribution >= 4 is 17.6 Å². The molecule has 4 nitrogen and oxygen atoms in total. The lowest BCUT2D eigenvalue weighted by Gasteiger charge is -2.14. The fourth-order valence-corrected chi connectivity index (χ4v) is 3.09. The number of nitrogens with one attached hydrogen (secondary N) is 2. The van der Waals surface area contributed by atoms with E-state index in [-0.39, 0.29) is 0 Å². The van der Waals surface area contributed by atoms with Gasteiger partial charge >= 0.3 is 0 Å². The van der Waals surface area contributed by atoms with E-state index in [0.29, 0.717) is 5.92 Å². The van der Waals surface area contributed by atoms with Crippen LogP contribution in [0.2, 0.25) is 0 Å². The van der Waals surface area contributed by atoms with Gasteiger partial charge in [-0.2, -0.15) is 11.8 Å². The van der Waals surface area contributed by atoms with Crippen LogP contribution in [0.25, 0.3) is 0 Å². The molecule has 110 valence electrons. The Bertz CT molecular complexity index is 459. The van der Waals surface area contributed by atoms with Crippen LogP contribution in [0.15, 0.2) is 0 Å². The first-order valence-corrected chi connectivity index (χ1v) is 9.11. The van der Waals surface area contributed by atoms with Gasteiger partial charge in [-0.05, 0) is 44.2 Å². The lowest BCUT2D eigenvalue weighted by atomic mass is 10.1. The maximum atomic E-state index is 4.85. The second-order valence-electron chi connectivity index (χ2n) is 5.65. The lowest BCUT2D eigenvalue weighted by Crippen LogP contribution is -2.16. The van der Waals surface area contributed by atoms with Gasteiger partial charge in [0.25, 0.3) is 0 Å². The molecular weight excluding hydrogens is 268 g/mol. The summed E-state index contributed by atoms with van der Waals surface area (Å²) in [5.74, 6) is 4.03. The van der Waals surface area contributed by atoms with Crippen molar-refractivity contribution in [1.29, 1.82) is 0 Å². The van der Waals surface area contributed by atoms with Gasteiger partial charge in [0.2, 0.25) is 0 Å². The maximum absolute atomic E-state index is 4.85. The second-order valence-corrected chi connectivity index (χ2v) is 6.64. The first kappa shape index (κ1) is 14.1. The van der Waals surface area contributed by atoms with E-state index in [9.17, 15) is 0 Å². The minimum absolute atomic E-state index is 0.628. The zero-order chi connectivity index (χ0) is 13.8. The number of fused-ring (bicyclic) bond motifs is 1. The summed E-state index contributed by atoms with van der Waals surface area (Å²) in [5, 5.41) is 7.03. The molecule has 0 amide bonds. The van der Waals surface area contributed by atoms with E-state index < -0.39 is 0 Å². The van der Waals surface area contributed by atoms with Gasteiger partial charge in [-0.15, -0.1) is 0 Å². The molecule has 0 bridgehead atoms. The molecule has 1 aliphatic carbocycles. The number of anilines is 1. The van der Waals surface area contributed by atoms with Crippen LogP contribution in [0.4, 0.5) is 5.82 Å². The molecule has 0 atom stereocenters. The van der Waals surface area contributed by atoms with Crippen molar-refractivity contribution in [2.75, 3.05) is 37.0 Å². The van der Waals surface area contributed by atoms with E-state index in [1.165, 1.54) is 36.3 Å². The van der Waals surface area contributed by atoms with Crippen LogP contribution in [-0.4, -0.2) is 41.6 Å². The minimum atomic E-state index is 0.628. The first-order valence-electron chi connectivity index (χ1n) is 7.71. The van der Waals surface area contributed by atoms with Crippen LogP contribution in [0.3, 0.4) is 0 Å². The molecule has 1 aliphatic heterocycles. The molecule has 2 N–H and O–H groups in total. The van der Waals surface area contributed by atoms with Gasteiger partial charge in [0.15, 0.2) is 0 Å². The maximum Gasteiger partial charge on any atom is 0.134 e. The molecule has 1 saturated carbocycles. The molecule has 0 saturated heterocycles. The number of rotatable bonds is 6. The summed E-state index contributed by atoms with van der Waals surface area (Å²) in [6, 6.07) is 0. The zero-order valence-electron chi connectivity index (χ0n) is 12.2. The smallest absolute Gasteiger partial charge is 0.134 e. The van der Waals surface area contributed by atoms with Crippen LogP contribution in [0.1, 0.15) is 42.3 Å². The largest absolute Gasteiger partial charge is 0.370 e. The highest BCUT2D eigenvalue weighted by atomic mass is 32.2. The average molecular weight is 292 g/mol. The summed E-state index contributed by atoms with van der Waals surface area (Å²) >= 11 is 1.90. The van der Waals surface area contributed by atoms with Crippen LogP contribution in [0, 0.1) is 0 Å². The highest BCUT2D eigenvalue weighted by molar-refractivity contribution is 7.98. The van der Waals surface area contributed by atoms with E-state index in [4.69, 9.17) is 9.97 Å². The summed E-state index contributed by atoms with van der Waals surface area (Å²) < 4.78 is 0. The predicted octanol–water partition coefficient (Wildman–Crippen LogP) is 2.21. The van der Waals surface area contributed by atoms with Gasteiger partial charge < -0.3 is 10.6 Å². The second kappa shape index (κ2) is 6.76. The van der Waals surface area contributed by atoms with Crippen molar-refractivity contribution in [2.24, 2.45) is 0 Å². The third-order valence-electron chi connectivity index (χ3n) is 3.96. The number of hydrogen-bond acceptors (Lipinski definition) is 5. The molecule has 1 fully saturated rings. The molecule has 0 unspecified atom stereocenters. The molecule has 1 aromatic heterocycles. The Morgan fingerprint density at radius 3 is 2.90 bits per heavy atom. The quantitative estimate of drug-likeness (QED) is 0.787. The van der Waals surface area contributed by atoms with Crippen LogP contribution in [0.5, 0.6) is 0 Å². The van der Waals surface area contributed by atoms with Crippen molar-refractivity contribution in [3.05, 3.63) is 17.1 Å². The number of hydrogen-bond donors (Lipinski definition) is 2. The molecule has 1 aromatic rings. The van der Waals surface area contributed by atoms with Crippen LogP contribution in [-0.2, 0) is 12.8 Å². The summed E-state index contributed by atoms with van der Waals surface area (Å²) in [6.45, 7) is 3.10. The Morgan fingerprint density at radius 2 is 2.10 bits per heavy atom. The van der Waals surface area contributed by atoms with E-state index in [1.807, 2.05) is 11.8 Å². The van der Waals surface area contributed by atoms with Crippen molar-refractivity contribution in [3.8, 4) is 0 Å². The highest BCUT2D eigenvalue weighted by Crippen LogP contribution is 2.39. The van der Waals surface area contributed by atoms with Crippen LogP contribution >= 0.6 is 11.8 Å². The van der Waals surface area contributed by atoms with E-state index in [1.54, 1.807) is 0 Å². The third kappa shape index (κ3) is 3.44. The predicted molar refractivity (Wildman–Crippen MR) is 85.8 cm³/mol. The number of aromatic nitrogens is 2. The van der Waals surface area contributed by atoms with E-state index >= 15 is 0 Å². The van der Waals surface area contributed by atoms with Gasteiger partial charge in [0.1, 0.15) is 11.6 Å². The van der Waals surface area contributed by atoms with Crippen molar-refractivity contribution < 1.29 is 0 Å². The van der Waals surface area contributed by atoms with Crippen molar-refractivity contribution in [1.82, 2.24) is 15.3 Å². The van der Waals surface area contributed by atoms with Gasteiger partial charge in [-0.25, -0.2) is 9.97 Å². The molecule has 0 aromatic carbocycles. The Labute approximate surface area is 125 Å². The monoisotopic (exact) mass is 292 g/mol. The van der Waals surface area contributed by atoms with Gasteiger partial charge in [-0.1, -0.05) is 0 Å². The van der Waals surface area contributed by atoms with E-state index in [0.717, 1.165) is 44.1 Å². The molecule has 2 heterocycles. The SMILES string of the molecule is CSCCCNc1nc(C2CC2)nc2c1CCNCC2. The molecule has 5 heteroatoms. The fourth-order valence-electron chi connectivity index (χ4n) is 2.66.